The van der Waals surface area contributed by atoms with Gasteiger partial charge in [-0.2, -0.15) is 0 Å². The molecule has 1 atom stereocenters. The topological polar surface area (TPSA) is 81.1 Å². The van der Waals surface area contributed by atoms with Crippen LogP contribution in [0.15, 0.2) is 12.5 Å². The molecule has 0 amide bonds. The molecule has 0 aromatic carbocycles. The number of imidazole rings is 1. The molecule has 0 spiro atoms. The second-order valence-electron chi connectivity index (χ2n) is 2.94. The molecule has 78 valence electrons. The lowest BCUT2D eigenvalue weighted by Gasteiger charge is -2.02. The summed E-state index contributed by atoms with van der Waals surface area (Å²) in [4.78, 5) is 14.3. The fourth-order valence-corrected chi connectivity index (χ4v) is 1.04. The van der Waals surface area contributed by atoms with Gasteiger partial charge in [0.15, 0.2) is 0 Å². The number of carboxylic acid groups (broad SMARTS) is 1. The maximum Gasteiger partial charge on any atom is 0.320 e. The summed E-state index contributed by atoms with van der Waals surface area (Å²) in [5, 5.41) is 8.53. The van der Waals surface area contributed by atoms with Crippen LogP contribution in [-0.4, -0.2) is 33.3 Å². The highest BCUT2D eigenvalue weighted by Crippen LogP contribution is 2.00. The number of aliphatic carboxylic acids is 1. The highest BCUT2D eigenvalue weighted by Gasteiger charge is 2.13. The average Bonchev–Trinajstić information content (AvgIpc) is 2.53. The zero-order valence-corrected chi connectivity index (χ0v) is 7.56. The van der Waals surface area contributed by atoms with Gasteiger partial charge in [0.1, 0.15) is 12.7 Å². The van der Waals surface area contributed by atoms with Crippen molar-refractivity contribution in [2.75, 3.05) is 6.67 Å². The first kappa shape index (κ1) is 10.6. The third kappa shape index (κ3) is 2.81. The summed E-state index contributed by atoms with van der Waals surface area (Å²) in [5.41, 5.74) is 5.87. The third-order valence-corrected chi connectivity index (χ3v) is 1.78. The van der Waals surface area contributed by atoms with Crippen LogP contribution in [0.1, 0.15) is 5.69 Å². The number of rotatable bonds is 5. The van der Waals surface area contributed by atoms with Crippen LogP contribution in [0.3, 0.4) is 0 Å². The summed E-state index contributed by atoms with van der Waals surface area (Å²) in [5.74, 6) is -1.06. The van der Waals surface area contributed by atoms with Crippen molar-refractivity contribution in [1.82, 2.24) is 9.55 Å². The van der Waals surface area contributed by atoms with Crippen molar-refractivity contribution in [2.45, 2.75) is 19.0 Å². The minimum Gasteiger partial charge on any atom is -0.480 e. The number of hydrogen-bond acceptors (Lipinski definition) is 3. The molecule has 0 aliphatic carbocycles. The molecule has 1 aromatic rings. The lowest BCUT2D eigenvalue weighted by molar-refractivity contribution is -0.138. The number of nitrogens with two attached hydrogens (primary N) is 1. The zero-order valence-electron chi connectivity index (χ0n) is 7.56. The second-order valence-corrected chi connectivity index (χ2v) is 2.94. The number of alkyl halides is 1. The molecular formula is C8H12FN3O2. The summed E-state index contributed by atoms with van der Waals surface area (Å²) in [6, 6.07) is -0.955. The first-order valence-corrected chi connectivity index (χ1v) is 4.18. The Morgan fingerprint density at radius 2 is 2.50 bits per heavy atom. The molecule has 1 heterocycles. The Bertz CT molecular complexity index is 313. The summed E-state index contributed by atoms with van der Waals surface area (Å²) in [6.45, 7) is -0.240. The quantitative estimate of drug-likeness (QED) is 0.691. The Morgan fingerprint density at radius 3 is 3.07 bits per heavy atom. The van der Waals surface area contributed by atoms with E-state index in [4.69, 9.17) is 10.8 Å². The first-order chi connectivity index (χ1) is 6.63. The van der Waals surface area contributed by atoms with Gasteiger partial charge in [0.05, 0.1) is 18.6 Å². The molecular weight excluding hydrogens is 189 g/mol. The first-order valence-electron chi connectivity index (χ1n) is 4.18. The van der Waals surface area contributed by atoms with Crippen molar-refractivity contribution in [3.05, 3.63) is 18.2 Å². The molecule has 5 nitrogen and oxygen atoms in total. The van der Waals surface area contributed by atoms with Crippen molar-refractivity contribution in [1.29, 1.82) is 0 Å². The van der Waals surface area contributed by atoms with Gasteiger partial charge < -0.3 is 15.4 Å². The van der Waals surface area contributed by atoms with E-state index in [0.717, 1.165) is 0 Å². The van der Waals surface area contributed by atoms with Gasteiger partial charge in [0.25, 0.3) is 0 Å². The number of carboxylic acids is 1. The Balaban J connectivity index is 2.55. The van der Waals surface area contributed by atoms with Crippen LogP contribution >= 0.6 is 0 Å². The van der Waals surface area contributed by atoms with E-state index in [2.05, 4.69) is 4.98 Å². The monoisotopic (exact) mass is 201 g/mol. The van der Waals surface area contributed by atoms with Gasteiger partial charge in [-0.15, -0.1) is 0 Å². The highest BCUT2D eigenvalue weighted by molar-refractivity contribution is 5.73. The minimum absolute atomic E-state index is 0.161. The van der Waals surface area contributed by atoms with Crippen LogP contribution in [0.2, 0.25) is 0 Å². The Hall–Kier alpha value is -1.43. The lowest BCUT2D eigenvalue weighted by Crippen LogP contribution is -2.32. The Labute approximate surface area is 80.4 Å². The molecule has 0 aliphatic heterocycles. The van der Waals surface area contributed by atoms with Gasteiger partial charge in [-0.25, -0.2) is 9.37 Å². The zero-order chi connectivity index (χ0) is 10.6. The molecule has 1 unspecified atom stereocenters. The maximum atomic E-state index is 11.9. The van der Waals surface area contributed by atoms with Crippen LogP contribution in [0.5, 0.6) is 0 Å². The van der Waals surface area contributed by atoms with Crippen LogP contribution in [0.4, 0.5) is 4.39 Å². The van der Waals surface area contributed by atoms with Crippen molar-refractivity contribution in [2.24, 2.45) is 5.73 Å². The summed E-state index contributed by atoms with van der Waals surface area (Å²) in [6.07, 6.45) is 3.22. The van der Waals surface area contributed by atoms with E-state index in [0.29, 0.717) is 5.69 Å². The van der Waals surface area contributed by atoms with Crippen molar-refractivity contribution < 1.29 is 14.3 Å². The molecule has 0 fully saturated rings. The smallest absolute Gasteiger partial charge is 0.320 e. The summed E-state index contributed by atoms with van der Waals surface area (Å²) < 4.78 is 13.5. The highest BCUT2D eigenvalue weighted by atomic mass is 19.1. The molecule has 0 saturated heterocycles. The number of carbonyl (C=O) groups is 1. The SMILES string of the molecule is NC(Cc1cn(CCF)cn1)C(=O)O. The fourth-order valence-electron chi connectivity index (χ4n) is 1.04. The third-order valence-electron chi connectivity index (χ3n) is 1.78. The predicted octanol–water partition coefficient (Wildman–Crippen LogP) is -0.193. The van der Waals surface area contributed by atoms with Gasteiger partial charge in [-0.1, -0.05) is 0 Å². The van der Waals surface area contributed by atoms with Crippen LogP contribution in [-0.2, 0) is 17.8 Å². The number of nitrogens with zero attached hydrogens (tertiary/aromatic N) is 2. The van der Waals surface area contributed by atoms with E-state index in [9.17, 15) is 9.18 Å². The molecule has 1 rings (SSSR count). The molecule has 0 bridgehead atoms. The fraction of sp³-hybridized carbons (Fsp3) is 0.500. The molecule has 14 heavy (non-hydrogen) atoms. The normalized spacial score (nSPS) is 12.7. The predicted molar refractivity (Wildman–Crippen MR) is 47.5 cm³/mol. The van der Waals surface area contributed by atoms with Crippen LogP contribution in [0, 0.1) is 0 Å². The summed E-state index contributed by atoms with van der Waals surface area (Å²) in [7, 11) is 0. The second kappa shape index (κ2) is 4.71. The van der Waals surface area contributed by atoms with Gasteiger partial charge >= 0.3 is 5.97 Å². The standard InChI is InChI=1S/C8H12FN3O2/c9-1-2-12-4-6(11-5-12)3-7(10)8(13)14/h4-5,7H,1-3,10H2,(H,13,14). The molecule has 3 N–H and O–H groups in total. The molecule has 0 radical (unpaired) electrons. The van der Waals surface area contributed by atoms with Crippen LogP contribution < -0.4 is 5.73 Å². The number of aromatic nitrogens is 2. The van der Waals surface area contributed by atoms with E-state index in [-0.39, 0.29) is 13.0 Å². The number of hydrogen-bond donors (Lipinski definition) is 2. The van der Waals surface area contributed by atoms with Crippen LogP contribution in [0.25, 0.3) is 0 Å². The van der Waals surface area contributed by atoms with Crippen molar-refractivity contribution >= 4 is 5.97 Å². The molecule has 1 aromatic heterocycles. The van der Waals surface area contributed by atoms with Gasteiger partial charge in [-0.3, -0.25) is 4.79 Å². The average molecular weight is 201 g/mol. The van der Waals surface area contributed by atoms with E-state index < -0.39 is 18.7 Å². The van der Waals surface area contributed by atoms with E-state index in [1.807, 2.05) is 0 Å². The number of aryl methyl sites for hydroxylation is 1. The maximum absolute atomic E-state index is 11.9. The largest absolute Gasteiger partial charge is 0.480 e. The van der Waals surface area contributed by atoms with E-state index >= 15 is 0 Å². The van der Waals surface area contributed by atoms with Gasteiger partial charge in [0.2, 0.25) is 0 Å². The van der Waals surface area contributed by atoms with Crippen molar-refractivity contribution in [3.8, 4) is 0 Å². The summed E-state index contributed by atoms with van der Waals surface area (Å²) >= 11 is 0. The van der Waals surface area contributed by atoms with Crippen molar-refractivity contribution in [3.63, 3.8) is 0 Å². The number of halogens is 1. The Kier molecular flexibility index (Phi) is 3.58. The van der Waals surface area contributed by atoms with E-state index in [1.165, 1.54) is 6.33 Å². The van der Waals surface area contributed by atoms with E-state index in [1.54, 1.807) is 10.8 Å². The molecule has 6 heteroatoms. The Morgan fingerprint density at radius 1 is 1.79 bits per heavy atom. The molecule has 0 aliphatic rings. The molecule has 0 saturated carbocycles. The van der Waals surface area contributed by atoms with Gasteiger partial charge in [-0.05, 0) is 0 Å². The van der Waals surface area contributed by atoms with Gasteiger partial charge in [0, 0.05) is 12.6 Å². The lowest BCUT2D eigenvalue weighted by atomic mass is 10.2. The minimum atomic E-state index is -1.06.